The third-order valence-electron chi connectivity index (χ3n) is 4.03. The van der Waals surface area contributed by atoms with Crippen LogP contribution in [0.15, 0.2) is 0 Å². The lowest BCUT2D eigenvalue weighted by atomic mass is 9.53. The topological polar surface area (TPSA) is 26.0 Å². The van der Waals surface area contributed by atoms with E-state index in [0.717, 1.165) is 11.8 Å². The van der Waals surface area contributed by atoms with E-state index in [2.05, 4.69) is 15.9 Å². The van der Waals surface area contributed by atoms with Crippen molar-refractivity contribution in [2.75, 3.05) is 0 Å². The lowest BCUT2D eigenvalue weighted by Crippen LogP contribution is -2.60. The molecule has 0 aliphatic heterocycles. The maximum absolute atomic E-state index is 6.38. The van der Waals surface area contributed by atoms with Crippen LogP contribution >= 0.6 is 15.9 Å². The summed E-state index contributed by atoms with van der Waals surface area (Å²) in [6.07, 6.45) is 8.08. The Hall–Kier alpha value is 0.440. The first-order valence-corrected chi connectivity index (χ1v) is 5.84. The SMILES string of the molecule is N[C@@]12C[C@H]3C[C@@H](C1)C[C@](Br)(C3)C2. The maximum atomic E-state index is 6.38. The molecule has 4 rings (SSSR count). The van der Waals surface area contributed by atoms with Crippen LogP contribution in [0.1, 0.15) is 38.5 Å². The molecule has 0 saturated heterocycles. The third kappa shape index (κ3) is 1.00. The van der Waals surface area contributed by atoms with Crippen LogP contribution < -0.4 is 5.73 Å². The number of alkyl halides is 1. The standard InChI is InChI=1S/C10H16BrN/c11-9-2-7-1-8(3-9)5-10(12,4-7)6-9/h7-8H,1-6,12H2/t7-,8+,9+,10-. The molecule has 2 heteroatoms. The van der Waals surface area contributed by atoms with Crippen LogP contribution in [0.5, 0.6) is 0 Å². The van der Waals surface area contributed by atoms with Gasteiger partial charge in [0.25, 0.3) is 0 Å². The molecule has 0 heterocycles. The molecule has 12 heavy (non-hydrogen) atoms. The van der Waals surface area contributed by atoms with Crippen molar-refractivity contribution in [3.63, 3.8) is 0 Å². The minimum atomic E-state index is 0.216. The molecule has 4 atom stereocenters. The Kier molecular flexibility index (Phi) is 1.36. The van der Waals surface area contributed by atoms with Gasteiger partial charge in [-0.05, 0) is 50.4 Å². The predicted octanol–water partition coefficient (Wildman–Crippen LogP) is 2.43. The number of hydrogen-bond acceptors (Lipinski definition) is 1. The predicted molar refractivity (Wildman–Crippen MR) is 53.3 cm³/mol. The van der Waals surface area contributed by atoms with Crippen LogP contribution in [-0.2, 0) is 0 Å². The highest BCUT2D eigenvalue weighted by atomic mass is 79.9. The molecule has 4 aliphatic rings. The molecule has 0 aromatic heterocycles. The first-order valence-electron chi connectivity index (χ1n) is 5.05. The monoisotopic (exact) mass is 229 g/mol. The van der Waals surface area contributed by atoms with Crippen LogP contribution in [0.2, 0.25) is 0 Å². The van der Waals surface area contributed by atoms with Gasteiger partial charge in [0.05, 0.1) is 0 Å². The highest BCUT2D eigenvalue weighted by molar-refractivity contribution is 9.10. The Morgan fingerprint density at radius 2 is 1.67 bits per heavy atom. The summed E-state index contributed by atoms with van der Waals surface area (Å²) < 4.78 is 0.450. The number of nitrogens with two attached hydrogens (primary N) is 1. The zero-order valence-corrected chi connectivity index (χ0v) is 8.94. The molecule has 1 nitrogen and oxygen atoms in total. The van der Waals surface area contributed by atoms with E-state index in [9.17, 15) is 0 Å². The van der Waals surface area contributed by atoms with Crippen molar-refractivity contribution < 1.29 is 0 Å². The fraction of sp³-hybridized carbons (Fsp3) is 1.00. The summed E-state index contributed by atoms with van der Waals surface area (Å²) in [5.41, 5.74) is 6.59. The van der Waals surface area contributed by atoms with Gasteiger partial charge in [0, 0.05) is 9.86 Å². The van der Waals surface area contributed by atoms with Gasteiger partial charge in [-0.1, -0.05) is 15.9 Å². The van der Waals surface area contributed by atoms with Gasteiger partial charge in [-0.25, -0.2) is 0 Å². The van der Waals surface area contributed by atoms with Gasteiger partial charge in [-0.15, -0.1) is 0 Å². The molecular formula is C10H16BrN. The fourth-order valence-corrected chi connectivity index (χ4v) is 5.69. The Morgan fingerprint density at radius 3 is 2.08 bits per heavy atom. The van der Waals surface area contributed by atoms with E-state index in [1.165, 1.54) is 38.5 Å². The summed E-state index contributed by atoms with van der Waals surface area (Å²) in [6, 6.07) is 0. The second-order valence-electron chi connectivity index (χ2n) is 5.47. The largest absolute Gasteiger partial charge is 0.325 e. The van der Waals surface area contributed by atoms with Gasteiger partial charge >= 0.3 is 0 Å². The molecule has 4 fully saturated rings. The van der Waals surface area contributed by atoms with Gasteiger partial charge in [-0.3, -0.25) is 0 Å². The van der Waals surface area contributed by atoms with Crippen molar-refractivity contribution in [2.24, 2.45) is 17.6 Å². The molecule has 4 bridgehead atoms. The number of halogens is 1. The van der Waals surface area contributed by atoms with E-state index in [1.807, 2.05) is 0 Å². The van der Waals surface area contributed by atoms with Crippen molar-refractivity contribution >= 4 is 15.9 Å². The Morgan fingerprint density at radius 1 is 1.08 bits per heavy atom. The highest BCUT2D eigenvalue weighted by Gasteiger charge is 2.55. The molecular weight excluding hydrogens is 214 g/mol. The van der Waals surface area contributed by atoms with E-state index < -0.39 is 0 Å². The Labute approximate surface area is 82.2 Å². The van der Waals surface area contributed by atoms with Crippen LogP contribution in [0.4, 0.5) is 0 Å². The van der Waals surface area contributed by atoms with Gasteiger partial charge in [0.2, 0.25) is 0 Å². The van der Waals surface area contributed by atoms with Crippen LogP contribution in [0, 0.1) is 11.8 Å². The highest BCUT2D eigenvalue weighted by Crippen LogP contribution is 2.59. The van der Waals surface area contributed by atoms with E-state index in [1.54, 1.807) is 0 Å². The molecule has 0 aromatic rings. The normalized spacial score (nSPS) is 62.5. The second kappa shape index (κ2) is 2.09. The van der Waals surface area contributed by atoms with Gasteiger partial charge in [0.15, 0.2) is 0 Å². The molecule has 0 unspecified atom stereocenters. The molecule has 4 saturated carbocycles. The van der Waals surface area contributed by atoms with Gasteiger partial charge in [-0.2, -0.15) is 0 Å². The minimum absolute atomic E-state index is 0.216. The fourth-order valence-electron chi connectivity index (χ4n) is 4.22. The molecule has 0 spiro atoms. The smallest absolute Gasteiger partial charge is 0.0280 e. The summed E-state index contributed by atoms with van der Waals surface area (Å²) in [5, 5.41) is 0. The van der Waals surface area contributed by atoms with Crippen molar-refractivity contribution in [3.8, 4) is 0 Å². The molecule has 4 aliphatic carbocycles. The number of rotatable bonds is 0. The molecule has 0 aromatic carbocycles. The third-order valence-corrected chi connectivity index (χ3v) is 4.96. The summed E-state index contributed by atoms with van der Waals surface area (Å²) in [5.74, 6) is 1.88. The van der Waals surface area contributed by atoms with E-state index in [0.29, 0.717) is 4.32 Å². The zero-order valence-electron chi connectivity index (χ0n) is 7.35. The van der Waals surface area contributed by atoms with Crippen LogP contribution in [0.25, 0.3) is 0 Å². The maximum Gasteiger partial charge on any atom is 0.0280 e. The lowest BCUT2D eigenvalue weighted by Gasteiger charge is -2.59. The van der Waals surface area contributed by atoms with Crippen molar-refractivity contribution in [3.05, 3.63) is 0 Å². The molecule has 0 radical (unpaired) electrons. The summed E-state index contributed by atoms with van der Waals surface area (Å²) in [7, 11) is 0. The molecule has 68 valence electrons. The Balaban J connectivity index is 1.98. The summed E-state index contributed by atoms with van der Waals surface area (Å²) in [6.45, 7) is 0. The first-order chi connectivity index (χ1) is 5.57. The van der Waals surface area contributed by atoms with Crippen molar-refractivity contribution in [1.82, 2.24) is 0 Å². The average molecular weight is 230 g/mol. The lowest BCUT2D eigenvalue weighted by molar-refractivity contribution is 0.0205. The van der Waals surface area contributed by atoms with Crippen LogP contribution in [-0.4, -0.2) is 9.86 Å². The summed E-state index contributed by atoms with van der Waals surface area (Å²) >= 11 is 3.91. The number of hydrogen-bond donors (Lipinski definition) is 1. The Bertz CT molecular complexity index is 192. The van der Waals surface area contributed by atoms with E-state index >= 15 is 0 Å². The van der Waals surface area contributed by atoms with Gasteiger partial charge < -0.3 is 5.73 Å². The van der Waals surface area contributed by atoms with E-state index in [-0.39, 0.29) is 5.54 Å². The first kappa shape index (κ1) is 7.81. The quantitative estimate of drug-likeness (QED) is 0.635. The minimum Gasteiger partial charge on any atom is -0.325 e. The van der Waals surface area contributed by atoms with Crippen LogP contribution in [0.3, 0.4) is 0 Å². The second-order valence-corrected chi connectivity index (χ2v) is 7.16. The zero-order chi connectivity index (χ0) is 8.40. The summed E-state index contributed by atoms with van der Waals surface area (Å²) in [4.78, 5) is 0. The van der Waals surface area contributed by atoms with E-state index in [4.69, 9.17) is 5.73 Å². The van der Waals surface area contributed by atoms with Crippen molar-refractivity contribution in [1.29, 1.82) is 0 Å². The molecule has 2 N–H and O–H groups in total. The molecule has 0 amide bonds. The average Bonchev–Trinajstić information content (AvgIpc) is 1.75. The van der Waals surface area contributed by atoms with Crippen molar-refractivity contribution in [2.45, 2.75) is 48.4 Å². The van der Waals surface area contributed by atoms with Gasteiger partial charge in [0.1, 0.15) is 0 Å².